The third-order valence-electron chi connectivity index (χ3n) is 4.29. The van der Waals surface area contributed by atoms with Crippen LogP contribution in [0, 0.1) is 0 Å². The van der Waals surface area contributed by atoms with Gasteiger partial charge in [-0.1, -0.05) is 30.3 Å². The van der Waals surface area contributed by atoms with E-state index < -0.39 is 11.9 Å². The normalized spacial score (nSPS) is 17.8. The van der Waals surface area contributed by atoms with E-state index in [1.165, 1.54) is 5.56 Å². The maximum atomic E-state index is 11.0. The first kappa shape index (κ1) is 18.4. The van der Waals surface area contributed by atoms with Gasteiger partial charge in [-0.05, 0) is 12.6 Å². The lowest BCUT2D eigenvalue weighted by Gasteiger charge is -2.31. The van der Waals surface area contributed by atoms with Crippen molar-refractivity contribution in [3.05, 3.63) is 35.9 Å². The first-order chi connectivity index (χ1) is 11.4. The van der Waals surface area contributed by atoms with Gasteiger partial charge >= 0.3 is 11.9 Å². The lowest BCUT2D eigenvalue weighted by molar-refractivity contribution is -0.139. The molecule has 1 saturated heterocycles. The summed E-state index contributed by atoms with van der Waals surface area (Å²) in [6, 6.07) is 10.1. The Morgan fingerprint density at radius 1 is 1.04 bits per heavy atom. The fourth-order valence-electron chi connectivity index (χ4n) is 3.07. The summed E-state index contributed by atoms with van der Waals surface area (Å²) in [6.45, 7) is 3.07. The van der Waals surface area contributed by atoms with E-state index in [-0.39, 0.29) is 19.1 Å². The second-order valence-electron chi connectivity index (χ2n) is 6.31. The quantitative estimate of drug-likeness (QED) is 0.740. The molecular formula is C17H25N3O4. The van der Waals surface area contributed by atoms with Crippen molar-refractivity contribution in [2.45, 2.75) is 12.6 Å². The molecule has 1 aromatic rings. The van der Waals surface area contributed by atoms with Crippen LogP contribution in [0.5, 0.6) is 0 Å². The highest BCUT2D eigenvalue weighted by molar-refractivity contribution is 5.69. The van der Waals surface area contributed by atoms with Crippen molar-refractivity contribution in [2.24, 2.45) is 0 Å². The minimum Gasteiger partial charge on any atom is -0.480 e. The standard InChI is InChI=1S/C17H25N3O4/c1-18(9-14-5-3-2-4-6-14)15-10-19(12-16(21)22)7-8-20(11-15)13-17(23)24/h2-6,15H,7-13H2,1H3,(H,21,22)(H,23,24). The van der Waals surface area contributed by atoms with Crippen molar-refractivity contribution in [2.75, 3.05) is 46.3 Å². The lowest BCUT2D eigenvalue weighted by atomic mass is 10.1. The molecule has 0 aromatic heterocycles. The van der Waals surface area contributed by atoms with Crippen molar-refractivity contribution in [1.82, 2.24) is 14.7 Å². The number of carbonyl (C=O) groups is 2. The molecule has 2 N–H and O–H groups in total. The van der Waals surface area contributed by atoms with E-state index in [4.69, 9.17) is 10.2 Å². The molecule has 0 aliphatic carbocycles. The molecule has 1 fully saturated rings. The molecule has 0 amide bonds. The van der Waals surface area contributed by atoms with Gasteiger partial charge in [0.1, 0.15) is 0 Å². The van der Waals surface area contributed by atoms with Gasteiger partial charge in [-0.15, -0.1) is 0 Å². The van der Waals surface area contributed by atoms with Crippen molar-refractivity contribution in [3.8, 4) is 0 Å². The number of carboxylic acids is 2. The van der Waals surface area contributed by atoms with E-state index >= 15 is 0 Å². The Balaban J connectivity index is 2.06. The van der Waals surface area contributed by atoms with Crippen LogP contribution in [0.4, 0.5) is 0 Å². The predicted octanol–water partition coefficient (Wildman–Crippen LogP) is 0.274. The minimum absolute atomic E-state index is 0.0173. The van der Waals surface area contributed by atoms with Gasteiger partial charge in [0.05, 0.1) is 13.1 Å². The molecule has 1 aromatic carbocycles. The molecule has 1 aliphatic heterocycles. The Bertz CT molecular complexity index is 526. The molecule has 0 spiro atoms. The highest BCUT2D eigenvalue weighted by atomic mass is 16.4. The van der Waals surface area contributed by atoms with Crippen LogP contribution in [-0.2, 0) is 16.1 Å². The Hall–Kier alpha value is -1.96. The number of benzene rings is 1. The van der Waals surface area contributed by atoms with E-state index in [2.05, 4.69) is 17.0 Å². The molecule has 0 atom stereocenters. The molecular weight excluding hydrogens is 310 g/mol. The van der Waals surface area contributed by atoms with E-state index in [9.17, 15) is 9.59 Å². The van der Waals surface area contributed by atoms with Crippen molar-refractivity contribution in [3.63, 3.8) is 0 Å². The zero-order valence-corrected chi connectivity index (χ0v) is 14.0. The molecule has 1 heterocycles. The summed E-state index contributed by atoms with van der Waals surface area (Å²) < 4.78 is 0. The predicted molar refractivity (Wildman–Crippen MR) is 89.8 cm³/mol. The maximum absolute atomic E-state index is 11.0. The summed E-state index contributed by atoms with van der Waals surface area (Å²) in [5, 5.41) is 18.1. The smallest absolute Gasteiger partial charge is 0.317 e. The van der Waals surface area contributed by atoms with Gasteiger partial charge in [-0.25, -0.2) is 0 Å². The Labute approximate surface area is 142 Å². The van der Waals surface area contributed by atoms with Crippen LogP contribution in [0.3, 0.4) is 0 Å². The van der Waals surface area contributed by atoms with E-state index in [0.29, 0.717) is 26.2 Å². The van der Waals surface area contributed by atoms with Crippen LogP contribution < -0.4 is 0 Å². The van der Waals surface area contributed by atoms with Gasteiger partial charge in [0.2, 0.25) is 0 Å². The number of hydrogen-bond donors (Lipinski definition) is 2. The molecule has 0 bridgehead atoms. The Morgan fingerprint density at radius 3 is 2.00 bits per heavy atom. The number of aliphatic carboxylic acids is 2. The molecule has 0 unspecified atom stereocenters. The largest absolute Gasteiger partial charge is 0.480 e. The summed E-state index contributed by atoms with van der Waals surface area (Å²) in [4.78, 5) is 28.0. The third-order valence-corrected chi connectivity index (χ3v) is 4.29. The topological polar surface area (TPSA) is 84.3 Å². The van der Waals surface area contributed by atoms with Gasteiger partial charge in [0.25, 0.3) is 0 Å². The summed E-state index contributed by atoms with van der Waals surface area (Å²) in [7, 11) is 2.00. The molecule has 132 valence electrons. The number of likely N-dealkylation sites (N-methyl/N-ethyl adjacent to an activating group) is 1. The fourth-order valence-corrected chi connectivity index (χ4v) is 3.07. The summed E-state index contributed by atoms with van der Waals surface area (Å²) in [5.41, 5.74) is 1.18. The van der Waals surface area contributed by atoms with E-state index in [1.54, 1.807) is 0 Å². The van der Waals surface area contributed by atoms with E-state index in [1.807, 2.05) is 35.0 Å². The molecule has 7 nitrogen and oxygen atoms in total. The molecule has 0 saturated carbocycles. The Kier molecular flexibility index (Phi) is 6.72. The molecule has 1 aliphatic rings. The lowest BCUT2D eigenvalue weighted by Crippen LogP contribution is -2.46. The Morgan fingerprint density at radius 2 is 1.54 bits per heavy atom. The van der Waals surface area contributed by atoms with Gasteiger partial charge < -0.3 is 10.2 Å². The monoisotopic (exact) mass is 335 g/mol. The molecule has 7 heteroatoms. The van der Waals surface area contributed by atoms with Crippen LogP contribution in [0.25, 0.3) is 0 Å². The van der Waals surface area contributed by atoms with Gasteiger partial charge in [-0.3, -0.25) is 24.3 Å². The number of carboxylic acid groups (broad SMARTS) is 2. The van der Waals surface area contributed by atoms with Crippen LogP contribution in [0.1, 0.15) is 5.56 Å². The van der Waals surface area contributed by atoms with E-state index in [0.717, 1.165) is 6.54 Å². The summed E-state index contributed by atoms with van der Waals surface area (Å²) in [5.74, 6) is -1.71. The average molecular weight is 335 g/mol. The molecule has 2 rings (SSSR count). The number of nitrogens with zero attached hydrogens (tertiary/aromatic N) is 3. The first-order valence-corrected chi connectivity index (χ1v) is 8.06. The zero-order valence-electron chi connectivity index (χ0n) is 14.0. The summed E-state index contributed by atoms with van der Waals surface area (Å²) in [6.07, 6.45) is 0. The maximum Gasteiger partial charge on any atom is 0.317 e. The van der Waals surface area contributed by atoms with Crippen molar-refractivity contribution < 1.29 is 19.8 Å². The SMILES string of the molecule is CN(Cc1ccccc1)C1CN(CC(=O)O)CCN(CC(=O)O)C1. The van der Waals surface area contributed by atoms with Gasteiger partial charge in [-0.2, -0.15) is 0 Å². The second kappa shape index (κ2) is 8.77. The number of hydrogen-bond acceptors (Lipinski definition) is 5. The second-order valence-corrected chi connectivity index (χ2v) is 6.31. The molecule has 0 radical (unpaired) electrons. The third kappa shape index (κ3) is 5.92. The van der Waals surface area contributed by atoms with Crippen LogP contribution in [-0.4, -0.2) is 89.2 Å². The van der Waals surface area contributed by atoms with Gasteiger partial charge in [0.15, 0.2) is 0 Å². The summed E-state index contributed by atoms with van der Waals surface area (Å²) >= 11 is 0. The van der Waals surface area contributed by atoms with Gasteiger partial charge in [0, 0.05) is 38.8 Å². The number of rotatable bonds is 7. The molecule has 24 heavy (non-hydrogen) atoms. The fraction of sp³-hybridized carbons (Fsp3) is 0.529. The van der Waals surface area contributed by atoms with Crippen LogP contribution >= 0.6 is 0 Å². The van der Waals surface area contributed by atoms with Crippen molar-refractivity contribution >= 4 is 11.9 Å². The highest BCUT2D eigenvalue weighted by Crippen LogP contribution is 2.12. The highest BCUT2D eigenvalue weighted by Gasteiger charge is 2.27. The van der Waals surface area contributed by atoms with Crippen molar-refractivity contribution in [1.29, 1.82) is 0 Å². The van der Waals surface area contributed by atoms with Crippen LogP contribution in [0.15, 0.2) is 30.3 Å². The first-order valence-electron chi connectivity index (χ1n) is 8.06. The zero-order chi connectivity index (χ0) is 17.5. The average Bonchev–Trinajstić information content (AvgIpc) is 2.70. The van der Waals surface area contributed by atoms with Crippen LogP contribution in [0.2, 0.25) is 0 Å². The minimum atomic E-state index is -0.855.